The first kappa shape index (κ1) is 12.1. The summed E-state index contributed by atoms with van der Waals surface area (Å²) in [5, 5.41) is 24.4. The average molecular weight is 144 g/mol. The standard InChI is InChI=1S/C4H8O4.Na.H/c5-2-1-3(6)4(7)8;;/h3,5-6H,1-2H2,(H,7,8);;. The van der Waals surface area contributed by atoms with Crippen molar-refractivity contribution in [1.82, 2.24) is 0 Å². The first-order chi connectivity index (χ1) is 3.68. The molecule has 0 saturated carbocycles. The molecule has 0 bridgehead atoms. The molecule has 0 aromatic rings. The van der Waals surface area contributed by atoms with Crippen LogP contribution in [-0.4, -0.2) is 63.6 Å². The van der Waals surface area contributed by atoms with Crippen molar-refractivity contribution in [3.63, 3.8) is 0 Å². The molecule has 0 aliphatic heterocycles. The van der Waals surface area contributed by atoms with Crippen LogP contribution in [0.2, 0.25) is 0 Å². The van der Waals surface area contributed by atoms with Crippen molar-refractivity contribution >= 4 is 35.5 Å². The molecule has 0 rings (SSSR count). The van der Waals surface area contributed by atoms with E-state index in [0.29, 0.717) is 0 Å². The predicted molar refractivity (Wildman–Crippen MR) is 32.5 cm³/mol. The molecule has 0 aromatic carbocycles. The summed E-state index contributed by atoms with van der Waals surface area (Å²) < 4.78 is 0. The Kier molecular flexibility index (Phi) is 8.75. The van der Waals surface area contributed by atoms with Crippen LogP contribution in [0.4, 0.5) is 0 Å². The van der Waals surface area contributed by atoms with Crippen LogP contribution in [0.15, 0.2) is 0 Å². The number of carboxylic acids is 1. The van der Waals surface area contributed by atoms with Crippen LogP contribution in [0, 0.1) is 0 Å². The summed E-state index contributed by atoms with van der Waals surface area (Å²) in [7, 11) is 0. The Morgan fingerprint density at radius 3 is 2.11 bits per heavy atom. The molecule has 0 aliphatic carbocycles. The summed E-state index contributed by atoms with van der Waals surface area (Å²) in [6, 6.07) is 0. The third-order valence-corrected chi connectivity index (χ3v) is 0.688. The Balaban J connectivity index is 0. The van der Waals surface area contributed by atoms with E-state index in [1.165, 1.54) is 0 Å². The van der Waals surface area contributed by atoms with Gasteiger partial charge in [0.1, 0.15) is 0 Å². The van der Waals surface area contributed by atoms with Gasteiger partial charge in [-0.05, 0) is 0 Å². The first-order valence-corrected chi connectivity index (χ1v) is 2.20. The van der Waals surface area contributed by atoms with Gasteiger partial charge in [0.2, 0.25) is 0 Å². The molecule has 0 fully saturated rings. The Bertz CT molecular complexity index is 84.6. The van der Waals surface area contributed by atoms with Crippen LogP contribution >= 0.6 is 0 Å². The summed E-state index contributed by atoms with van der Waals surface area (Å²) in [4.78, 5) is 9.73. The fourth-order valence-electron chi connectivity index (χ4n) is 0.246. The van der Waals surface area contributed by atoms with Crippen molar-refractivity contribution in [2.75, 3.05) is 6.61 Å². The minimum absolute atomic E-state index is 0. The Morgan fingerprint density at radius 2 is 2.00 bits per heavy atom. The summed E-state index contributed by atoms with van der Waals surface area (Å²) in [6.07, 6.45) is -1.52. The molecule has 1 unspecified atom stereocenters. The number of rotatable bonds is 3. The maximum atomic E-state index is 9.73. The average Bonchev–Trinajstić information content (AvgIpc) is 1.67. The molecule has 1 atom stereocenters. The molecule has 4 nitrogen and oxygen atoms in total. The van der Waals surface area contributed by atoms with Crippen LogP contribution in [0.3, 0.4) is 0 Å². The third kappa shape index (κ3) is 6.27. The van der Waals surface area contributed by atoms with E-state index in [1.54, 1.807) is 0 Å². The summed E-state index contributed by atoms with van der Waals surface area (Å²) in [6.45, 7) is -0.298. The number of aliphatic hydroxyl groups is 2. The maximum absolute atomic E-state index is 9.73. The molecule has 0 aromatic heterocycles. The van der Waals surface area contributed by atoms with Gasteiger partial charge in [0.05, 0.1) is 0 Å². The van der Waals surface area contributed by atoms with Gasteiger partial charge in [-0.25, -0.2) is 4.79 Å². The van der Waals surface area contributed by atoms with Gasteiger partial charge in [-0.2, -0.15) is 0 Å². The number of aliphatic hydroxyl groups excluding tert-OH is 2. The van der Waals surface area contributed by atoms with Gasteiger partial charge < -0.3 is 15.3 Å². The van der Waals surface area contributed by atoms with Crippen molar-refractivity contribution in [3.05, 3.63) is 0 Å². The SMILES string of the molecule is O=C(O)C(O)CCO.[NaH]. The zero-order valence-corrected chi connectivity index (χ0v) is 4.24. The van der Waals surface area contributed by atoms with Gasteiger partial charge in [0, 0.05) is 13.0 Å². The second-order valence-electron chi connectivity index (χ2n) is 1.37. The third-order valence-electron chi connectivity index (χ3n) is 0.688. The van der Waals surface area contributed by atoms with E-state index in [-0.39, 0.29) is 42.6 Å². The van der Waals surface area contributed by atoms with Gasteiger partial charge in [-0.1, -0.05) is 0 Å². The van der Waals surface area contributed by atoms with Gasteiger partial charge in [0.15, 0.2) is 6.10 Å². The summed E-state index contributed by atoms with van der Waals surface area (Å²) >= 11 is 0. The van der Waals surface area contributed by atoms with Gasteiger partial charge in [0.25, 0.3) is 0 Å². The Morgan fingerprint density at radius 1 is 1.56 bits per heavy atom. The van der Waals surface area contributed by atoms with Gasteiger partial charge in [-0.3, -0.25) is 0 Å². The molecule has 0 radical (unpaired) electrons. The summed E-state index contributed by atoms with van der Waals surface area (Å²) in [5.74, 6) is -1.29. The number of carboxylic acid groups (broad SMARTS) is 1. The van der Waals surface area contributed by atoms with Crippen molar-refractivity contribution in [3.8, 4) is 0 Å². The van der Waals surface area contributed by atoms with E-state index in [4.69, 9.17) is 15.3 Å². The van der Waals surface area contributed by atoms with Crippen molar-refractivity contribution in [1.29, 1.82) is 0 Å². The normalized spacial score (nSPS) is 11.8. The van der Waals surface area contributed by atoms with Crippen molar-refractivity contribution in [2.45, 2.75) is 12.5 Å². The van der Waals surface area contributed by atoms with Crippen LogP contribution < -0.4 is 0 Å². The van der Waals surface area contributed by atoms with Crippen molar-refractivity contribution < 1.29 is 20.1 Å². The van der Waals surface area contributed by atoms with E-state index in [0.717, 1.165) is 0 Å². The minimum atomic E-state index is -1.42. The Hall–Kier alpha value is 0.390. The molecule has 0 saturated heterocycles. The number of carbonyl (C=O) groups is 1. The molecule has 5 heteroatoms. The molecular weight excluding hydrogens is 135 g/mol. The topological polar surface area (TPSA) is 77.8 Å². The van der Waals surface area contributed by atoms with E-state index in [1.807, 2.05) is 0 Å². The number of hydrogen-bond acceptors (Lipinski definition) is 3. The zero-order chi connectivity index (χ0) is 6.57. The second kappa shape index (κ2) is 6.51. The molecule has 0 amide bonds. The second-order valence-corrected chi connectivity index (χ2v) is 1.37. The van der Waals surface area contributed by atoms with Gasteiger partial charge >= 0.3 is 35.5 Å². The van der Waals surface area contributed by atoms with Gasteiger partial charge in [-0.15, -0.1) is 0 Å². The van der Waals surface area contributed by atoms with Crippen LogP contribution in [-0.2, 0) is 4.79 Å². The van der Waals surface area contributed by atoms with Crippen LogP contribution in [0.5, 0.6) is 0 Å². The molecular formula is C4H9NaO4. The van der Waals surface area contributed by atoms with E-state index in [2.05, 4.69) is 0 Å². The quantitative estimate of drug-likeness (QED) is 0.407. The van der Waals surface area contributed by atoms with Crippen LogP contribution in [0.1, 0.15) is 6.42 Å². The first-order valence-electron chi connectivity index (χ1n) is 2.20. The fourth-order valence-corrected chi connectivity index (χ4v) is 0.246. The van der Waals surface area contributed by atoms with E-state index in [9.17, 15) is 4.79 Å². The molecule has 50 valence electrons. The molecule has 0 spiro atoms. The zero-order valence-electron chi connectivity index (χ0n) is 4.24. The van der Waals surface area contributed by atoms with E-state index < -0.39 is 12.1 Å². The fraction of sp³-hybridized carbons (Fsp3) is 0.750. The molecule has 0 aliphatic rings. The molecule has 0 heterocycles. The number of aliphatic carboxylic acids is 1. The molecule has 9 heavy (non-hydrogen) atoms. The predicted octanol–water partition coefficient (Wildman–Crippen LogP) is -1.83. The molecule has 3 N–H and O–H groups in total. The van der Waals surface area contributed by atoms with Crippen LogP contribution in [0.25, 0.3) is 0 Å². The van der Waals surface area contributed by atoms with E-state index >= 15 is 0 Å². The summed E-state index contributed by atoms with van der Waals surface area (Å²) in [5.41, 5.74) is 0. The van der Waals surface area contributed by atoms with Crippen molar-refractivity contribution in [2.24, 2.45) is 0 Å². The number of hydrogen-bond donors (Lipinski definition) is 3. The Labute approximate surface area is 74.8 Å². The monoisotopic (exact) mass is 144 g/mol.